The second-order valence-corrected chi connectivity index (χ2v) is 7.15. The van der Waals surface area contributed by atoms with E-state index in [0.717, 1.165) is 24.4 Å². The minimum atomic E-state index is -1.03. The van der Waals surface area contributed by atoms with Crippen LogP contribution in [-0.2, 0) is 4.79 Å². The Balaban J connectivity index is 1.46. The molecule has 31 heavy (non-hydrogen) atoms. The maximum atomic E-state index is 13.6. The van der Waals surface area contributed by atoms with Gasteiger partial charge in [-0.2, -0.15) is 0 Å². The maximum Gasteiger partial charge on any atom is 0.258 e. The molecular weight excluding hydrogens is 406 g/mol. The van der Waals surface area contributed by atoms with Gasteiger partial charge in [0.05, 0.1) is 29.5 Å². The van der Waals surface area contributed by atoms with E-state index in [0.29, 0.717) is 24.2 Å². The van der Waals surface area contributed by atoms with Crippen molar-refractivity contribution in [2.45, 2.75) is 0 Å². The molecule has 1 aliphatic heterocycles. The fourth-order valence-electron chi connectivity index (χ4n) is 3.57. The lowest BCUT2D eigenvalue weighted by Crippen LogP contribution is -2.48. The number of aromatic amines is 1. The highest BCUT2D eigenvalue weighted by Crippen LogP contribution is 2.22. The maximum absolute atomic E-state index is 13.6. The summed E-state index contributed by atoms with van der Waals surface area (Å²) < 4.78 is 28.5. The van der Waals surface area contributed by atoms with Gasteiger partial charge < -0.3 is 15.2 Å². The van der Waals surface area contributed by atoms with Crippen molar-refractivity contribution in [3.63, 3.8) is 0 Å². The molecule has 1 saturated heterocycles. The van der Waals surface area contributed by atoms with Gasteiger partial charge >= 0.3 is 0 Å². The summed E-state index contributed by atoms with van der Waals surface area (Å²) in [5.41, 5.74) is 1.66. The molecule has 0 atom stereocenters. The Morgan fingerprint density at radius 3 is 2.48 bits per heavy atom. The van der Waals surface area contributed by atoms with Crippen LogP contribution in [0.2, 0.25) is 0 Å². The highest BCUT2D eigenvalue weighted by Gasteiger charge is 2.19. The van der Waals surface area contributed by atoms with Crippen molar-refractivity contribution in [3.8, 4) is 16.9 Å². The number of hydrogen-bond donors (Lipinski definition) is 2. The van der Waals surface area contributed by atoms with Crippen molar-refractivity contribution in [2.75, 3.05) is 24.5 Å². The molecule has 4 aromatic rings. The number of nitrogens with one attached hydrogen (secondary N) is 2. The highest BCUT2D eigenvalue weighted by atomic mass is 19.2. The molecule has 5 rings (SSSR count). The summed E-state index contributed by atoms with van der Waals surface area (Å²) in [5, 5.41) is 11.5. The molecule has 0 radical (unpaired) electrons. The number of benzene rings is 2. The number of piperazine rings is 1. The minimum absolute atomic E-state index is 0.00823. The van der Waals surface area contributed by atoms with Crippen LogP contribution in [-0.4, -0.2) is 45.5 Å². The van der Waals surface area contributed by atoms with Crippen LogP contribution < -0.4 is 15.8 Å². The van der Waals surface area contributed by atoms with Gasteiger partial charge in [0.25, 0.3) is 5.56 Å². The molecule has 0 spiro atoms. The zero-order valence-electron chi connectivity index (χ0n) is 16.1. The lowest BCUT2D eigenvalue weighted by Gasteiger charge is -2.27. The Hall–Kier alpha value is -3.92. The number of carbonyl (C=O) groups is 1. The molecule has 2 aromatic heterocycles. The van der Waals surface area contributed by atoms with E-state index in [1.54, 1.807) is 23.2 Å². The van der Waals surface area contributed by atoms with Crippen LogP contribution in [0.15, 0.2) is 53.5 Å². The zero-order valence-corrected chi connectivity index (χ0v) is 16.1. The van der Waals surface area contributed by atoms with Gasteiger partial charge in [0.2, 0.25) is 5.91 Å². The van der Waals surface area contributed by atoms with E-state index < -0.39 is 17.2 Å². The number of aromatic nitrogens is 4. The molecular formula is C21H16F2N6O2. The van der Waals surface area contributed by atoms with E-state index in [1.165, 1.54) is 10.7 Å². The summed E-state index contributed by atoms with van der Waals surface area (Å²) >= 11 is 0. The third kappa shape index (κ3) is 3.46. The zero-order chi connectivity index (χ0) is 21.5. The average Bonchev–Trinajstić information content (AvgIpc) is 3.25. The number of rotatable bonds is 3. The Labute approximate surface area is 174 Å². The first-order valence-electron chi connectivity index (χ1n) is 9.56. The Bertz CT molecular complexity index is 1360. The summed E-state index contributed by atoms with van der Waals surface area (Å²) in [6.45, 7) is 1.64. The lowest BCUT2D eigenvalue weighted by atomic mass is 10.1. The second kappa shape index (κ2) is 7.40. The number of hydrogen-bond acceptors (Lipinski definition) is 5. The van der Waals surface area contributed by atoms with Crippen LogP contribution >= 0.6 is 0 Å². The molecule has 8 nitrogen and oxygen atoms in total. The van der Waals surface area contributed by atoms with Crippen LogP contribution in [0.1, 0.15) is 0 Å². The van der Waals surface area contributed by atoms with Gasteiger partial charge in [0.1, 0.15) is 5.69 Å². The molecule has 10 heteroatoms. The summed E-state index contributed by atoms with van der Waals surface area (Å²) in [6.07, 6.45) is 1.57. The number of fused-ring (bicyclic) bond motifs is 1. The lowest BCUT2D eigenvalue weighted by molar-refractivity contribution is -0.118. The Kier molecular flexibility index (Phi) is 4.55. The summed E-state index contributed by atoms with van der Waals surface area (Å²) in [4.78, 5) is 28.7. The molecule has 0 unspecified atom stereocenters. The topological polar surface area (TPSA) is 95.9 Å². The number of pyridine rings is 1. The predicted octanol–water partition coefficient (Wildman–Crippen LogP) is 1.99. The number of nitrogens with zero attached hydrogens (tertiary/aromatic N) is 4. The van der Waals surface area contributed by atoms with Gasteiger partial charge in [0, 0.05) is 30.2 Å². The van der Waals surface area contributed by atoms with E-state index in [4.69, 9.17) is 0 Å². The predicted molar refractivity (Wildman–Crippen MR) is 110 cm³/mol. The van der Waals surface area contributed by atoms with Crippen molar-refractivity contribution in [1.82, 2.24) is 25.3 Å². The number of H-pyrrole nitrogens is 1. The first-order valence-corrected chi connectivity index (χ1v) is 9.56. The van der Waals surface area contributed by atoms with Crippen LogP contribution in [0.3, 0.4) is 0 Å². The smallest absolute Gasteiger partial charge is 0.258 e. The van der Waals surface area contributed by atoms with Gasteiger partial charge in [-0.1, -0.05) is 5.21 Å². The Morgan fingerprint density at radius 2 is 1.71 bits per heavy atom. The van der Waals surface area contributed by atoms with Gasteiger partial charge in [0.15, 0.2) is 11.6 Å². The van der Waals surface area contributed by atoms with E-state index in [9.17, 15) is 18.4 Å². The van der Waals surface area contributed by atoms with Gasteiger partial charge in [-0.05, 0) is 36.4 Å². The van der Waals surface area contributed by atoms with Gasteiger partial charge in [-0.15, -0.1) is 5.10 Å². The second-order valence-electron chi connectivity index (χ2n) is 7.15. The van der Waals surface area contributed by atoms with E-state index in [2.05, 4.69) is 20.6 Å². The SMILES string of the molecule is O=C1CNCCN1c1ccc(-n2cc(-c3cc4cc(F)c(F)cc4[nH]c3=O)nn2)cc1. The first kappa shape index (κ1) is 19.1. The molecule has 1 fully saturated rings. The summed E-state index contributed by atoms with van der Waals surface area (Å²) in [7, 11) is 0. The fourth-order valence-corrected chi connectivity index (χ4v) is 3.57. The van der Waals surface area contributed by atoms with Crippen LogP contribution in [0, 0.1) is 11.6 Å². The number of amides is 1. The molecule has 1 aliphatic rings. The molecule has 2 aromatic carbocycles. The molecule has 0 saturated carbocycles. The Morgan fingerprint density at radius 1 is 0.968 bits per heavy atom. The monoisotopic (exact) mass is 422 g/mol. The van der Waals surface area contributed by atoms with E-state index >= 15 is 0 Å². The molecule has 2 N–H and O–H groups in total. The van der Waals surface area contributed by atoms with Crippen molar-refractivity contribution < 1.29 is 13.6 Å². The third-order valence-electron chi connectivity index (χ3n) is 5.17. The van der Waals surface area contributed by atoms with Crippen molar-refractivity contribution >= 4 is 22.5 Å². The van der Waals surface area contributed by atoms with E-state index in [1.807, 2.05) is 12.1 Å². The fraction of sp³-hybridized carbons (Fsp3) is 0.143. The minimum Gasteiger partial charge on any atom is -0.321 e. The number of carbonyl (C=O) groups excluding carboxylic acids is 1. The molecule has 156 valence electrons. The summed E-state index contributed by atoms with van der Waals surface area (Å²) in [6, 6.07) is 10.6. The average molecular weight is 422 g/mol. The van der Waals surface area contributed by atoms with Crippen molar-refractivity contribution in [1.29, 1.82) is 0 Å². The largest absolute Gasteiger partial charge is 0.321 e. The first-order chi connectivity index (χ1) is 15.0. The number of anilines is 1. The van der Waals surface area contributed by atoms with Crippen LogP contribution in [0.5, 0.6) is 0 Å². The quantitative estimate of drug-likeness (QED) is 0.527. The summed E-state index contributed by atoms with van der Waals surface area (Å²) in [5.74, 6) is -2.03. The third-order valence-corrected chi connectivity index (χ3v) is 5.17. The normalized spacial score (nSPS) is 14.4. The van der Waals surface area contributed by atoms with Gasteiger partial charge in [-0.25, -0.2) is 13.5 Å². The van der Waals surface area contributed by atoms with Gasteiger partial charge in [-0.3, -0.25) is 9.59 Å². The van der Waals surface area contributed by atoms with Crippen molar-refractivity contribution in [3.05, 3.63) is 70.6 Å². The standard InChI is InChI=1S/C21H16F2N6O2/c22-16-8-12-7-15(21(31)25-18(12)9-17(16)23)19-11-29(27-26-19)14-3-1-13(2-4-14)28-6-5-24-10-20(28)30/h1-4,7-9,11,24H,5-6,10H2,(H,25,31). The molecule has 0 bridgehead atoms. The van der Waals surface area contributed by atoms with E-state index in [-0.39, 0.29) is 22.7 Å². The molecule has 3 heterocycles. The molecule has 0 aliphatic carbocycles. The van der Waals surface area contributed by atoms with Crippen molar-refractivity contribution in [2.24, 2.45) is 0 Å². The number of halogens is 2. The molecule has 1 amide bonds. The van der Waals surface area contributed by atoms with Crippen LogP contribution in [0.25, 0.3) is 27.8 Å². The van der Waals surface area contributed by atoms with Crippen LogP contribution in [0.4, 0.5) is 14.5 Å². The highest BCUT2D eigenvalue weighted by molar-refractivity contribution is 5.95.